The van der Waals surface area contributed by atoms with E-state index in [0.717, 1.165) is 0 Å². The van der Waals surface area contributed by atoms with E-state index in [1.165, 1.54) is 18.0 Å². The van der Waals surface area contributed by atoms with Gasteiger partial charge in [-0.2, -0.15) is 0 Å². The number of aliphatic carboxylic acids is 1. The average Bonchev–Trinajstić information content (AvgIpc) is 1.90. The molecule has 1 aliphatic rings. The van der Waals surface area contributed by atoms with E-state index in [2.05, 4.69) is 4.99 Å². The van der Waals surface area contributed by atoms with E-state index in [0.29, 0.717) is 0 Å². The van der Waals surface area contributed by atoms with Crippen molar-refractivity contribution < 1.29 is 9.90 Å². The van der Waals surface area contributed by atoms with Crippen LogP contribution in [-0.2, 0) is 4.79 Å². The molecule has 1 N–H and O–H groups in total. The van der Waals surface area contributed by atoms with Crippen LogP contribution in [0.4, 0.5) is 0 Å². The Morgan fingerprint density at radius 1 is 1.78 bits per heavy atom. The molecule has 0 saturated heterocycles. The highest BCUT2D eigenvalue weighted by Gasteiger charge is 2.14. The summed E-state index contributed by atoms with van der Waals surface area (Å²) in [6.45, 7) is 0. The number of aliphatic imine (C=N–C) groups is 1. The number of allylic oxidation sites excluding steroid dienone is 1. The van der Waals surface area contributed by atoms with E-state index in [4.69, 9.17) is 5.11 Å². The summed E-state index contributed by atoms with van der Waals surface area (Å²) in [4.78, 5) is 13.9. The highest BCUT2D eigenvalue weighted by atomic mass is 32.2. The molecule has 3 nitrogen and oxygen atoms in total. The number of carboxylic acids is 1. The Kier molecular flexibility index (Phi) is 1.89. The first kappa shape index (κ1) is 6.35. The number of hydrogen-bond acceptors (Lipinski definition) is 3. The summed E-state index contributed by atoms with van der Waals surface area (Å²) in [6.07, 6.45) is 3.21. The first-order valence-electron chi connectivity index (χ1n) is 2.37. The van der Waals surface area contributed by atoms with Gasteiger partial charge in [-0.3, -0.25) is 4.99 Å². The molecule has 0 radical (unpaired) electrons. The molecule has 9 heavy (non-hydrogen) atoms. The van der Waals surface area contributed by atoms with Crippen LogP contribution >= 0.6 is 11.8 Å². The van der Waals surface area contributed by atoms with E-state index in [-0.39, 0.29) is 0 Å². The van der Waals surface area contributed by atoms with Gasteiger partial charge in [0.15, 0.2) is 5.37 Å². The van der Waals surface area contributed by atoms with Crippen LogP contribution in [0.15, 0.2) is 16.5 Å². The lowest BCUT2D eigenvalue weighted by molar-refractivity contribution is -0.136. The normalized spacial score (nSPS) is 24.2. The molecular weight excluding hydrogens is 138 g/mol. The Hall–Kier alpha value is -0.770. The summed E-state index contributed by atoms with van der Waals surface area (Å²) >= 11 is 1.19. The summed E-state index contributed by atoms with van der Waals surface area (Å²) in [5.74, 6) is -0.888. The van der Waals surface area contributed by atoms with Crippen molar-refractivity contribution >= 4 is 23.9 Å². The van der Waals surface area contributed by atoms with E-state index in [1.807, 2.05) is 0 Å². The van der Waals surface area contributed by atoms with Gasteiger partial charge < -0.3 is 5.11 Å². The second kappa shape index (κ2) is 2.68. The SMILES string of the molecule is O=C(O)C1N=CC=CS1. The molecule has 48 valence electrons. The van der Waals surface area contributed by atoms with Crippen molar-refractivity contribution in [2.45, 2.75) is 5.37 Å². The summed E-state index contributed by atoms with van der Waals surface area (Å²) < 4.78 is 0. The number of rotatable bonds is 1. The van der Waals surface area contributed by atoms with E-state index >= 15 is 0 Å². The van der Waals surface area contributed by atoms with Crippen LogP contribution < -0.4 is 0 Å². The molecule has 1 rings (SSSR count). The Bertz CT molecular complexity index is 176. The maximum Gasteiger partial charge on any atom is 0.339 e. The first-order valence-corrected chi connectivity index (χ1v) is 3.31. The summed E-state index contributed by atoms with van der Waals surface area (Å²) in [6, 6.07) is 0. The molecule has 0 spiro atoms. The van der Waals surface area contributed by atoms with Crippen LogP contribution in [0, 0.1) is 0 Å². The van der Waals surface area contributed by atoms with Gasteiger partial charge in [0.2, 0.25) is 0 Å². The van der Waals surface area contributed by atoms with Crippen molar-refractivity contribution in [3.8, 4) is 0 Å². The summed E-state index contributed by atoms with van der Waals surface area (Å²) in [7, 11) is 0. The molecule has 0 aromatic heterocycles. The average molecular weight is 143 g/mol. The first-order chi connectivity index (χ1) is 4.30. The van der Waals surface area contributed by atoms with Crippen LogP contribution in [-0.4, -0.2) is 22.7 Å². The van der Waals surface area contributed by atoms with Crippen LogP contribution in [0.1, 0.15) is 0 Å². The van der Waals surface area contributed by atoms with Gasteiger partial charge in [-0.15, -0.1) is 0 Å². The van der Waals surface area contributed by atoms with E-state index in [1.54, 1.807) is 11.5 Å². The van der Waals surface area contributed by atoms with Gasteiger partial charge in [0.1, 0.15) is 0 Å². The molecule has 0 fully saturated rings. The lowest BCUT2D eigenvalue weighted by atomic mass is 10.6. The molecule has 0 amide bonds. The standard InChI is InChI=1S/C5H5NO2S/c7-5(8)4-6-2-1-3-9-4/h1-4H,(H,7,8). The van der Waals surface area contributed by atoms with Crippen molar-refractivity contribution in [3.05, 3.63) is 11.5 Å². The summed E-state index contributed by atoms with van der Waals surface area (Å²) in [5, 5.41) is 9.45. The lowest BCUT2D eigenvalue weighted by Gasteiger charge is -2.04. The van der Waals surface area contributed by atoms with Gasteiger partial charge in [-0.1, -0.05) is 11.8 Å². The fourth-order valence-corrected chi connectivity index (χ4v) is 1.01. The molecule has 0 aromatic carbocycles. The highest BCUT2D eigenvalue weighted by molar-refractivity contribution is 8.03. The molecule has 4 heteroatoms. The van der Waals surface area contributed by atoms with Gasteiger partial charge in [-0.05, 0) is 11.5 Å². The smallest absolute Gasteiger partial charge is 0.339 e. The van der Waals surface area contributed by atoms with Crippen LogP contribution in [0.2, 0.25) is 0 Å². The lowest BCUT2D eigenvalue weighted by Crippen LogP contribution is -2.13. The minimum Gasteiger partial charge on any atom is -0.479 e. The molecule has 1 heterocycles. The molecule has 1 aliphatic heterocycles. The zero-order valence-corrected chi connectivity index (χ0v) is 5.34. The monoisotopic (exact) mass is 143 g/mol. The minimum atomic E-state index is -0.888. The number of thioether (sulfide) groups is 1. The van der Waals surface area contributed by atoms with Gasteiger partial charge >= 0.3 is 5.97 Å². The Morgan fingerprint density at radius 2 is 2.56 bits per heavy atom. The van der Waals surface area contributed by atoms with E-state index < -0.39 is 11.3 Å². The van der Waals surface area contributed by atoms with Crippen molar-refractivity contribution in [1.82, 2.24) is 0 Å². The van der Waals surface area contributed by atoms with Gasteiger partial charge in [0.05, 0.1) is 0 Å². The number of hydrogen-bond donors (Lipinski definition) is 1. The maximum absolute atomic E-state index is 10.2. The fraction of sp³-hybridized carbons (Fsp3) is 0.200. The topological polar surface area (TPSA) is 49.7 Å². The van der Waals surface area contributed by atoms with Crippen molar-refractivity contribution in [2.75, 3.05) is 0 Å². The third kappa shape index (κ3) is 1.57. The minimum absolute atomic E-state index is 0.630. The second-order valence-electron chi connectivity index (χ2n) is 1.45. The quantitative estimate of drug-likeness (QED) is 0.588. The van der Waals surface area contributed by atoms with Crippen molar-refractivity contribution in [3.63, 3.8) is 0 Å². The van der Waals surface area contributed by atoms with Gasteiger partial charge in [-0.25, -0.2) is 4.79 Å². The largest absolute Gasteiger partial charge is 0.479 e. The second-order valence-corrected chi connectivity index (χ2v) is 2.44. The molecule has 1 unspecified atom stereocenters. The predicted octanol–water partition coefficient (Wildman–Crippen LogP) is 0.728. The van der Waals surface area contributed by atoms with Gasteiger partial charge in [0, 0.05) is 6.21 Å². The zero-order valence-electron chi connectivity index (χ0n) is 4.52. The molecule has 1 atom stereocenters. The van der Waals surface area contributed by atoms with Crippen LogP contribution in [0.25, 0.3) is 0 Å². The molecule has 0 saturated carbocycles. The molecule has 0 aliphatic carbocycles. The Balaban J connectivity index is 2.56. The van der Waals surface area contributed by atoms with E-state index in [9.17, 15) is 4.79 Å². The zero-order chi connectivity index (χ0) is 6.69. The third-order valence-corrected chi connectivity index (χ3v) is 1.70. The third-order valence-electron chi connectivity index (χ3n) is 0.805. The predicted molar refractivity (Wildman–Crippen MR) is 36.6 cm³/mol. The maximum atomic E-state index is 10.2. The number of nitrogens with zero attached hydrogens (tertiary/aromatic N) is 1. The Labute approximate surface area is 56.5 Å². The highest BCUT2D eigenvalue weighted by Crippen LogP contribution is 2.15. The van der Waals surface area contributed by atoms with Crippen molar-refractivity contribution in [2.24, 2.45) is 4.99 Å². The number of carboxylic acid groups (broad SMARTS) is 1. The molecular formula is C5H5NO2S. The van der Waals surface area contributed by atoms with Gasteiger partial charge in [0.25, 0.3) is 0 Å². The van der Waals surface area contributed by atoms with Crippen LogP contribution in [0.5, 0.6) is 0 Å². The molecule has 0 bridgehead atoms. The molecule has 0 aromatic rings. The summed E-state index contributed by atoms with van der Waals surface area (Å²) in [5.41, 5.74) is 0. The number of carbonyl (C=O) groups is 1. The fourth-order valence-electron chi connectivity index (χ4n) is 0.440. The van der Waals surface area contributed by atoms with Crippen LogP contribution in [0.3, 0.4) is 0 Å². The Morgan fingerprint density at radius 3 is 2.89 bits per heavy atom. The van der Waals surface area contributed by atoms with Crippen molar-refractivity contribution in [1.29, 1.82) is 0 Å².